The average Bonchev–Trinajstić information content (AvgIpc) is 2.93. The van der Waals surface area contributed by atoms with E-state index in [0.717, 1.165) is 45.3 Å². The highest BCUT2D eigenvalue weighted by Crippen LogP contribution is 2.38. The van der Waals surface area contributed by atoms with E-state index in [2.05, 4.69) is 36.2 Å². The molecule has 2 aliphatic heterocycles. The SMILES string of the molecule is CC(C)Cc1ccc(CN2CC[C@H]3NCCC[C@]3(C(=O)O)C2)s1. The van der Waals surface area contributed by atoms with Crippen LogP contribution < -0.4 is 5.32 Å². The van der Waals surface area contributed by atoms with Crippen molar-refractivity contribution in [1.82, 2.24) is 10.2 Å². The van der Waals surface area contributed by atoms with E-state index < -0.39 is 11.4 Å². The van der Waals surface area contributed by atoms with Crippen molar-refractivity contribution in [3.05, 3.63) is 21.9 Å². The summed E-state index contributed by atoms with van der Waals surface area (Å²) in [5, 5.41) is 13.3. The van der Waals surface area contributed by atoms with Gasteiger partial charge in [0.2, 0.25) is 0 Å². The van der Waals surface area contributed by atoms with Crippen LogP contribution in [0.15, 0.2) is 12.1 Å². The van der Waals surface area contributed by atoms with Gasteiger partial charge in [0.15, 0.2) is 0 Å². The van der Waals surface area contributed by atoms with E-state index in [4.69, 9.17) is 0 Å². The third kappa shape index (κ3) is 3.62. The molecule has 0 saturated carbocycles. The molecule has 0 aliphatic carbocycles. The highest BCUT2D eigenvalue weighted by Gasteiger charge is 2.50. The Morgan fingerprint density at radius 2 is 2.26 bits per heavy atom. The number of thiophene rings is 1. The van der Waals surface area contributed by atoms with Crippen molar-refractivity contribution in [2.24, 2.45) is 11.3 Å². The fraction of sp³-hybridized carbons (Fsp3) is 0.722. The minimum absolute atomic E-state index is 0.143. The van der Waals surface area contributed by atoms with Crippen LogP contribution in [0, 0.1) is 11.3 Å². The lowest BCUT2D eigenvalue weighted by Crippen LogP contribution is -2.62. The molecule has 2 saturated heterocycles. The van der Waals surface area contributed by atoms with Crippen LogP contribution in [0.25, 0.3) is 0 Å². The van der Waals surface area contributed by atoms with Gasteiger partial charge in [-0.1, -0.05) is 13.8 Å². The predicted molar refractivity (Wildman–Crippen MR) is 93.8 cm³/mol. The van der Waals surface area contributed by atoms with Gasteiger partial charge in [0.1, 0.15) is 0 Å². The molecule has 0 bridgehead atoms. The van der Waals surface area contributed by atoms with Crippen molar-refractivity contribution in [3.63, 3.8) is 0 Å². The maximum Gasteiger partial charge on any atom is 0.312 e. The summed E-state index contributed by atoms with van der Waals surface area (Å²) in [4.78, 5) is 17.1. The van der Waals surface area contributed by atoms with Crippen molar-refractivity contribution in [3.8, 4) is 0 Å². The second-order valence-electron chi connectivity index (χ2n) is 7.54. The third-order valence-corrected chi connectivity index (χ3v) is 6.32. The fourth-order valence-electron chi connectivity index (χ4n) is 4.11. The largest absolute Gasteiger partial charge is 0.481 e. The molecule has 1 aromatic heterocycles. The molecule has 2 fully saturated rings. The van der Waals surface area contributed by atoms with Crippen LogP contribution in [0.1, 0.15) is 42.9 Å². The van der Waals surface area contributed by atoms with E-state index in [1.807, 2.05) is 11.3 Å². The first-order valence-corrected chi connectivity index (χ1v) is 9.58. The molecular formula is C18H28N2O2S. The minimum atomic E-state index is -0.619. The smallest absolute Gasteiger partial charge is 0.312 e. The van der Waals surface area contributed by atoms with Crippen molar-refractivity contribution >= 4 is 17.3 Å². The zero-order chi connectivity index (χ0) is 16.4. The zero-order valence-electron chi connectivity index (χ0n) is 14.2. The molecule has 2 atom stereocenters. The number of carbonyl (C=O) groups is 1. The number of nitrogens with one attached hydrogen (secondary N) is 1. The first kappa shape index (κ1) is 16.9. The molecule has 4 nitrogen and oxygen atoms in total. The van der Waals surface area contributed by atoms with E-state index in [1.165, 1.54) is 9.75 Å². The van der Waals surface area contributed by atoms with Gasteiger partial charge in [-0.25, -0.2) is 0 Å². The highest BCUT2D eigenvalue weighted by molar-refractivity contribution is 7.11. The topological polar surface area (TPSA) is 52.6 Å². The normalized spacial score (nSPS) is 28.7. The van der Waals surface area contributed by atoms with Gasteiger partial charge < -0.3 is 10.4 Å². The summed E-state index contributed by atoms with van der Waals surface area (Å²) in [6.45, 7) is 8.02. The van der Waals surface area contributed by atoms with E-state index in [0.29, 0.717) is 12.5 Å². The number of carboxylic acid groups (broad SMARTS) is 1. The summed E-state index contributed by atoms with van der Waals surface area (Å²) >= 11 is 1.89. The standard InChI is InChI=1S/C18H28N2O2S/c1-13(2)10-14-4-5-15(23-14)11-20-9-6-16-18(12-20,17(21)22)7-3-8-19-16/h4-5,13,16,19H,3,6-12H2,1-2H3,(H,21,22)/t16-,18+/m1/s1. The van der Waals surface area contributed by atoms with Crippen LogP contribution in [-0.4, -0.2) is 41.7 Å². The summed E-state index contributed by atoms with van der Waals surface area (Å²) in [5.41, 5.74) is -0.589. The zero-order valence-corrected chi connectivity index (χ0v) is 15.0. The molecule has 0 unspecified atom stereocenters. The van der Waals surface area contributed by atoms with Gasteiger partial charge in [-0.05, 0) is 50.3 Å². The Bertz CT molecular complexity index is 557. The number of aliphatic carboxylic acids is 1. The quantitative estimate of drug-likeness (QED) is 0.868. The van der Waals surface area contributed by atoms with Gasteiger partial charge in [-0.15, -0.1) is 11.3 Å². The van der Waals surface area contributed by atoms with Crippen LogP contribution in [0.3, 0.4) is 0 Å². The predicted octanol–water partition coefficient (Wildman–Crippen LogP) is 2.98. The number of nitrogens with zero attached hydrogens (tertiary/aromatic N) is 1. The molecule has 0 spiro atoms. The molecule has 0 amide bonds. The van der Waals surface area contributed by atoms with Crippen LogP contribution >= 0.6 is 11.3 Å². The molecule has 0 aromatic carbocycles. The summed E-state index contributed by atoms with van der Waals surface area (Å²) in [6, 6.07) is 4.60. The summed E-state index contributed by atoms with van der Waals surface area (Å²) in [5.74, 6) is 0.0620. The Balaban J connectivity index is 1.67. The Morgan fingerprint density at radius 3 is 3.00 bits per heavy atom. The number of fused-ring (bicyclic) bond motifs is 1. The minimum Gasteiger partial charge on any atom is -0.481 e. The van der Waals surface area contributed by atoms with Gasteiger partial charge >= 0.3 is 5.97 Å². The number of rotatable bonds is 5. The van der Waals surface area contributed by atoms with Crippen molar-refractivity contribution in [1.29, 1.82) is 0 Å². The lowest BCUT2D eigenvalue weighted by molar-refractivity contribution is -0.157. The number of hydrogen-bond donors (Lipinski definition) is 2. The summed E-state index contributed by atoms with van der Waals surface area (Å²) in [6.07, 6.45) is 3.85. The van der Waals surface area contributed by atoms with Gasteiger partial charge in [0.25, 0.3) is 0 Å². The first-order valence-electron chi connectivity index (χ1n) is 8.76. The van der Waals surface area contributed by atoms with Crippen molar-refractivity contribution in [2.75, 3.05) is 19.6 Å². The first-order chi connectivity index (χ1) is 11.0. The Morgan fingerprint density at radius 1 is 1.48 bits per heavy atom. The molecule has 2 aliphatic rings. The average molecular weight is 337 g/mol. The molecule has 23 heavy (non-hydrogen) atoms. The Kier molecular flexibility index (Phi) is 5.09. The lowest BCUT2D eigenvalue weighted by atomic mass is 9.70. The van der Waals surface area contributed by atoms with E-state index in [1.54, 1.807) is 0 Å². The Hall–Kier alpha value is -0.910. The monoisotopic (exact) mass is 336 g/mol. The molecule has 3 rings (SSSR count). The van der Waals surface area contributed by atoms with Crippen molar-refractivity contribution < 1.29 is 9.90 Å². The molecule has 2 N–H and O–H groups in total. The van der Waals surface area contributed by atoms with Gasteiger partial charge in [0.05, 0.1) is 5.41 Å². The van der Waals surface area contributed by atoms with Crippen molar-refractivity contribution in [2.45, 2.75) is 52.1 Å². The molecule has 5 heteroatoms. The molecule has 128 valence electrons. The maximum absolute atomic E-state index is 12.0. The van der Waals surface area contributed by atoms with E-state index in [-0.39, 0.29) is 6.04 Å². The molecule has 1 aromatic rings. The van der Waals surface area contributed by atoms with E-state index in [9.17, 15) is 9.90 Å². The van der Waals surface area contributed by atoms with Crippen LogP contribution in [-0.2, 0) is 17.8 Å². The number of piperidine rings is 2. The summed E-state index contributed by atoms with van der Waals surface area (Å²) < 4.78 is 0. The van der Waals surface area contributed by atoms with E-state index >= 15 is 0 Å². The molecule has 0 radical (unpaired) electrons. The van der Waals surface area contributed by atoms with Gasteiger partial charge in [-0.3, -0.25) is 9.69 Å². The number of carboxylic acids is 1. The Labute approximate surface area is 142 Å². The van der Waals surface area contributed by atoms with Crippen LogP contribution in [0.5, 0.6) is 0 Å². The van der Waals surface area contributed by atoms with Crippen LogP contribution in [0.2, 0.25) is 0 Å². The highest BCUT2D eigenvalue weighted by atomic mass is 32.1. The van der Waals surface area contributed by atoms with Gasteiger partial charge in [0, 0.05) is 35.4 Å². The number of hydrogen-bond acceptors (Lipinski definition) is 4. The lowest BCUT2D eigenvalue weighted by Gasteiger charge is -2.48. The summed E-state index contributed by atoms with van der Waals surface area (Å²) in [7, 11) is 0. The second-order valence-corrected chi connectivity index (χ2v) is 8.79. The fourth-order valence-corrected chi connectivity index (χ4v) is 5.38. The number of likely N-dealkylation sites (tertiary alicyclic amines) is 1. The second kappa shape index (κ2) is 6.91. The molecule has 3 heterocycles. The molecular weight excluding hydrogens is 308 g/mol. The maximum atomic E-state index is 12.0. The van der Waals surface area contributed by atoms with Crippen LogP contribution in [0.4, 0.5) is 0 Å². The van der Waals surface area contributed by atoms with Gasteiger partial charge in [-0.2, -0.15) is 0 Å². The third-order valence-electron chi connectivity index (χ3n) is 5.23.